The SMILES string of the molecule is Cc1nc(S(C)=O)c(C#N)cc1-c1ccncc1. The Labute approximate surface area is 108 Å². The van der Waals surface area contributed by atoms with E-state index in [1.807, 2.05) is 25.1 Å². The summed E-state index contributed by atoms with van der Waals surface area (Å²) >= 11 is 0. The molecule has 5 heteroatoms. The van der Waals surface area contributed by atoms with Crippen molar-refractivity contribution in [3.05, 3.63) is 41.9 Å². The van der Waals surface area contributed by atoms with E-state index in [0.29, 0.717) is 10.6 Å². The molecule has 1 atom stereocenters. The highest BCUT2D eigenvalue weighted by molar-refractivity contribution is 7.84. The van der Waals surface area contributed by atoms with E-state index >= 15 is 0 Å². The second-order valence-corrected chi connectivity index (χ2v) is 5.07. The summed E-state index contributed by atoms with van der Waals surface area (Å²) < 4.78 is 11.5. The summed E-state index contributed by atoms with van der Waals surface area (Å²) in [5.41, 5.74) is 2.92. The fourth-order valence-electron chi connectivity index (χ4n) is 1.71. The fraction of sp³-hybridized carbons (Fsp3) is 0.154. The van der Waals surface area contributed by atoms with E-state index in [2.05, 4.69) is 9.97 Å². The van der Waals surface area contributed by atoms with Crippen LogP contribution in [0.25, 0.3) is 11.1 Å². The maximum Gasteiger partial charge on any atom is 0.145 e. The van der Waals surface area contributed by atoms with Crippen molar-refractivity contribution in [3.8, 4) is 17.2 Å². The Hall–Kier alpha value is -2.06. The number of nitrogens with zero attached hydrogens (tertiary/aromatic N) is 3. The van der Waals surface area contributed by atoms with Crippen molar-refractivity contribution in [2.24, 2.45) is 0 Å². The van der Waals surface area contributed by atoms with Gasteiger partial charge in [0, 0.05) is 29.9 Å². The Kier molecular flexibility index (Phi) is 3.49. The number of pyridine rings is 2. The zero-order valence-corrected chi connectivity index (χ0v) is 10.9. The lowest BCUT2D eigenvalue weighted by Crippen LogP contribution is -2.01. The van der Waals surface area contributed by atoms with Crippen LogP contribution in [0.1, 0.15) is 11.3 Å². The Balaban J connectivity index is 2.66. The molecule has 2 aromatic rings. The summed E-state index contributed by atoms with van der Waals surface area (Å²) in [5, 5.41) is 9.43. The zero-order chi connectivity index (χ0) is 13.1. The third-order valence-electron chi connectivity index (χ3n) is 2.56. The largest absolute Gasteiger partial charge is 0.265 e. The van der Waals surface area contributed by atoms with Gasteiger partial charge in [-0.25, -0.2) is 4.98 Å². The quantitative estimate of drug-likeness (QED) is 0.826. The molecular weight excluding hydrogens is 246 g/mol. The molecule has 2 aromatic heterocycles. The van der Waals surface area contributed by atoms with Crippen LogP contribution in [0, 0.1) is 18.3 Å². The van der Waals surface area contributed by atoms with Gasteiger partial charge >= 0.3 is 0 Å². The number of hydrogen-bond donors (Lipinski definition) is 0. The first kappa shape index (κ1) is 12.4. The van der Waals surface area contributed by atoms with Gasteiger partial charge in [-0.2, -0.15) is 5.26 Å². The third-order valence-corrected chi connectivity index (χ3v) is 3.42. The van der Waals surface area contributed by atoms with Crippen LogP contribution < -0.4 is 0 Å². The maximum absolute atomic E-state index is 11.5. The number of aryl methyl sites for hydroxylation is 1. The van der Waals surface area contributed by atoms with Gasteiger partial charge in [-0.05, 0) is 30.7 Å². The molecule has 0 fully saturated rings. The van der Waals surface area contributed by atoms with Crippen LogP contribution in [-0.4, -0.2) is 20.4 Å². The Bertz CT molecular complexity index is 647. The highest BCUT2D eigenvalue weighted by Gasteiger charge is 2.12. The van der Waals surface area contributed by atoms with E-state index in [9.17, 15) is 4.21 Å². The molecule has 1 unspecified atom stereocenters. The van der Waals surface area contributed by atoms with Gasteiger partial charge in [-0.15, -0.1) is 0 Å². The van der Waals surface area contributed by atoms with Crippen molar-refractivity contribution in [2.75, 3.05) is 6.26 Å². The molecule has 0 bridgehead atoms. The van der Waals surface area contributed by atoms with Crippen molar-refractivity contribution >= 4 is 10.8 Å². The molecule has 0 aliphatic carbocycles. The standard InChI is InChI=1S/C13H11N3OS/c1-9-12(10-3-5-15-6-4-10)7-11(8-14)13(16-9)18(2)17/h3-7H,1-2H3. The van der Waals surface area contributed by atoms with Crippen molar-refractivity contribution in [1.82, 2.24) is 9.97 Å². The van der Waals surface area contributed by atoms with Crippen molar-refractivity contribution in [1.29, 1.82) is 5.26 Å². The highest BCUT2D eigenvalue weighted by atomic mass is 32.2. The normalized spacial score (nSPS) is 11.8. The Morgan fingerprint density at radius 1 is 1.33 bits per heavy atom. The van der Waals surface area contributed by atoms with E-state index in [4.69, 9.17) is 5.26 Å². The van der Waals surface area contributed by atoms with Gasteiger partial charge in [-0.1, -0.05) is 0 Å². The fourth-order valence-corrected chi connectivity index (χ4v) is 2.39. The average molecular weight is 257 g/mol. The van der Waals surface area contributed by atoms with Gasteiger partial charge in [0.25, 0.3) is 0 Å². The van der Waals surface area contributed by atoms with Gasteiger partial charge < -0.3 is 0 Å². The zero-order valence-electron chi connectivity index (χ0n) is 10.0. The lowest BCUT2D eigenvalue weighted by molar-refractivity contribution is 0.683. The molecule has 0 amide bonds. The minimum absolute atomic E-state index is 0.341. The summed E-state index contributed by atoms with van der Waals surface area (Å²) in [7, 11) is -1.26. The minimum Gasteiger partial charge on any atom is -0.265 e. The summed E-state index contributed by atoms with van der Waals surface area (Å²) in [6.07, 6.45) is 4.90. The molecule has 18 heavy (non-hydrogen) atoms. The molecule has 0 saturated carbocycles. The van der Waals surface area contributed by atoms with E-state index in [0.717, 1.165) is 16.8 Å². The summed E-state index contributed by atoms with van der Waals surface area (Å²) in [5.74, 6) is 0. The van der Waals surface area contributed by atoms with Crippen LogP contribution in [-0.2, 0) is 10.8 Å². The van der Waals surface area contributed by atoms with Crippen molar-refractivity contribution in [3.63, 3.8) is 0 Å². The van der Waals surface area contributed by atoms with E-state index in [1.54, 1.807) is 18.5 Å². The molecule has 0 saturated heterocycles. The van der Waals surface area contributed by atoms with Gasteiger partial charge in [0.2, 0.25) is 0 Å². The summed E-state index contributed by atoms with van der Waals surface area (Å²) in [6.45, 7) is 1.84. The minimum atomic E-state index is -1.26. The molecule has 0 aromatic carbocycles. The van der Waals surface area contributed by atoms with Gasteiger partial charge in [-0.3, -0.25) is 9.19 Å². The first-order valence-electron chi connectivity index (χ1n) is 5.29. The number of nitriles is 1. The highest BCUT2D eigenvalue weighted by Crippen LogP contribution is 2.24. The molecule has 4 nitrogen and oxygen atoms in total. The summed E-state index contributed by atoms with van der Waals surface area (Å²) in [6, 6.07) is 7.48. The molecule has 0 spiro atoms. The van der Waals surface area contributed by atoms with Gasteiger partial charge in [0.1, 0.15) is 11.1 Å². The maximum atomic E-state index is 11.5. The van der Waals surface area contributed by atoms with Crippen LogP contribution in [0.3, 0.4) is 0 Å². The predicted octanol–water partition coefficient (Wildman–Crippen LogP) is 2.06. The molecule has 0 aliphatic rings. The summed E-state index contributed by atoms with van der Waals surface area (Å²) in [4.78, 5) is 8.23. The topological polar surface area (TPSA) is 66.6 Å². The first-order chi connectivity index (χ1) is 8.63. The number of aromatic nitrogens is 2. The van der Waals surface area contributed by atoms with Crippen LogP contribution in [0.4, 0.5) is 0 Å². The predicted molar refractivity (Wildman–Crippen MR) is 69.3 cm³/mol. The van der Waals surface area contributed by atoms with E-state index < -0.39 is 10.8 Å². The molecule has 90 valence electrons. The third kappa shape index (κ3) is 2.29. The van der Waals surface area contributed by atoms with Crippen LogP contribution in [0.15, 0.2) is 35.6 Å². The number of rotatable bonds is 2. The number of hydrogen-bond acceptors (Lipinski definition) is 4. The van der Waals surface area contributed by atoms with Crippen LogP contribution >= 0.6 is 0 Å². The monoisotopic (exact) mass is 257 g/mol. The second-order valence-electron chi connectivity index (χ2n) is 3.78. The van der Waals surface area contributed by atoms with Crippen LogP contribution in [0.2, 0.25) is 0 Å². The molecule has 0 N–H and O–H groups in total. The molecule has 0 radical (unpaired) electrons. The Morgan fingerprint density at radius 2 is 2.00 bits per heavy atom. The average Bonchev–Trinajstić information content (AvgIpc) is 2.39. The van der Waals surface area contributed by atoms with Gasteiger partial charge in [0.15, 0.2) is 0 Å². The molecule has 0 aliphatic heterocycles. The lowest BCUT2D eigenvalue weighted by atomic mass is 10.0. The Morgan fingerprint density at radius 3 is 2.56 bits per heavy atom. The lowest BCUT2D eigenvalue weighted by Gasteiger charge is -2.08. The van der Waals surface area contributed by atoms with Crippen molar-refractivity contribution in [2.45, 2.75) is 11.9 Å². The van der Waals surface area contributed by atoms with E-state index in [1.165, 1.54) is 6.26 Å². The van der Waals surface area contributed by atoms with Crippen molar-refractivity contribution < 1.29 is 4.21 Å². The smallest absolute Gasteiger partial charge is 0.145 e. The van der Waals surface area contributed by atoms with Gasteiger partial charge in [0.05, 0.1) is 16.4 Å². The molecule has 2 heterocycles. The van der Waals surface area contributed by atoms with E-state index in [-0.39, 0.29) is 0 Å². The first-order valence-corrected chi connectivity index (χ1v) is 6.85. The van der Waals surface area contributed by atoms with Crippen LogP contribution in [0.5, 0.6) is 0 Å². The second kappa shape index (κ2) is 5.07. The molecule has 2 rings (SSSR count). The molecular formula is C13H11N3OS.